The molecule has 1 atom stereocenters. The number of amides is 2. The molecule has 1 N–H and O–H groups in total. The number of hydrogen-bond acceptors (Lipinski definition) is 4. The number of alkyl halides is 3. The Morgan fingerprint density at radius 1 is 1.29 bits per heavy atom. The van der Waals surface area contributed by atoms with Crippen molar-refractivity contribution in [3.05, 3.63) is 52.8 Å². The molecule has 1 aromatic carbocycles. The minimum atomic E-state index is -4.57. The molecule has 0 spiro atoms. The van der Waals surface area contributed by atoms with E-state index in [2.05, 4.69) is 15.3 Å². The molecule has 1 aromatic heterocycles. The van der Waals surface area contributed by atoms with Crippen molar-refractivity contribution in [2.24, 2.45) is 0 Å². The fourth-order valence-corrected chi connectivity index (χ4v) is 2.94. The van der Waals surface area contributed by atoms with Crippen LogP contribution in [0.3, 0.4) is 0 Å². The summed E-state index contributed by atoms with van der Waals surface area (Å²) in [5.41, 5.74) is -0.161. The van der Waals surface area contributed by atoms with Crippen molar-refractivity contribution in [1.82, 2.24) is 20.2 Å². The maximum Gasteiger partial charge on any atom is 0.433 e. The summed E-state index contributed by atoms with van der Waals surface area (Å²) in [5.74, 6) is 0. The molecule has 1 aliphatic rings. The highest BCUT2D eigenvalue weighted by atomic mass is 35.5. The molecule has 10 heteroatoms. The SMILES string of the molecule is O=C(NCc1ccc(Cl)cc1)N1CCCC(Oc2nccc(C(F)(F)F)n2)C1. The number of ether oxygens (including phenoxy) is 1. The van der Waals surface area contributed by atoms with Gasteiger partial charge in [0.15, 0.2) is 5.69 Å². The number of carbonyl (C=O) groups excluding carboxylic acids is 1. The predicted octanol–water partition coefficient (Wildman–Crippen LogP) is 3.90. The zero-order valence-electron chi connectivity index (χ0n) is 14.7. The van der Waals surface area contributed by atoms with Gasteiger partial charge in [-0.3, -0.25) is 0 Å². The van der Waals surface area contributed by atoms with E-state index in [0.29, 0.717) is 31.0 Å². The monoisotopic (exact) mass is 414 g/mol. The Bertz CT molecular complexity index is 817. The number of nitrogens with zero attached hydrogens (tertiary/aromatic N) is 3. The third-order valence-corrected chi connectivity index (χ3v) is 4.47. The van der Waals surface area contributed by atoms with Crippen LogP contribution in [0.15, 0.2) is 36.5 Å². The molecular formula is C18H18ClF3N4O2. The Balaban J connectivity index is 1.55. The highest BCUT2D eigenvalue weighted by molar-refractivity contribution is 6.30. The summed E-state index contributed by atoms with van der Waals surface area (Å²) in [5, 5.41) is 3.42. The molecule has 1 saturated heterocycles. The van der Waals surface area contributed by atoms with E-state index in [1.165, 1.54) is 0 Å². The van der Waals surface area contributed by atoms with E-state index >= 15 is 0 Å². The highest BCUT2D eigenvalue weighted by Crippen LogP contribution is 2.28. The maximum absolute atomic E-state index is 12.7. The van der Waals surface area contributed by atoms with Crippen LogP contribution < -0.4 is 10.1 Å². The molecule has 1 fully saturated rings. The van der Waals surface area contributed by atoms with Gasteiger partial charge in [0.1, 0.15) is 6.10 Å². The van der Waals surface area contributed by atoms with Crippen molar-refractivity contribution in [2.45, 2.75) is 31.7 Å². The summed E-state index contributed by atoms with van der Waals surface area (Å²) < 4.78 is 43.7. The molecule has 2 amide bonds. The lowest BCUT2D eigenvalue weighted by atomic mass is 10.1. The van der Waals surface area contributed by atoms with Crippen LogP contribution in [0, 0.1) is 0 Å². The smallest absolute Gasteiger partial charge is 0.433 e. The van der Waals surface area contributed by atoms with Gasteiger partial charge in [0, 0.05) is 24.3 Å². The molecule has 6 nitrogen and oxygen atoms in total. The standard InChI is InChI=1S/C18H18ClF3N4O2/c19-13-5-3-12(4-6-13)10-24-17(27)26-9-1-2-14(11-26)28-16-23-8-7-15(25-16)18(20,21)22/h3-8,14H,1-2,9-11H2,(H,24,27). The minimum absolute atomic E-state index is 0.242. The second-order valence-corrected chi connectivity index (χ2v) is 6.77. The molecule has 3 rings (SSSR count). The first kappa shape index (κ1) is 20.2. The Morgan fingerprint density at radius 3 is 2.75 bits per heavy atom. The molecule has 0 radical (unpaired) electrons. The Labute approximate surface area is 164 Å². The van der Waals surface area contributed by atoms with E-state index in [1.807, 2.05) is 12.1 Å². The molecule has 150 valence electrons. The molecule has 2 heterocycles. The number of benzene rings is 1. The summed E-state index contributed by atoms with van der Waals surface area (Å²) >= 11 is 5.83. The number of rotatable bonds is 4. The summed E-state index contributed by atoms with van der Waals surface area (Å²) in [4.78, 5) is 21.1. The van der Waals surface area contributed by atoms with E-state index in [4.69, 9.17) is 16.3 Å². The van der Waals surface area contributed by atoms with Crippen LogP contribution in [0.1, 0.15) is 24.1 Å². The summed E-state index contributed by atoms with van der Waals surface area (Å²) in [6.45, 7) is 1.12. The zero-order chi connectivity index (χ0) is 20.1. The zero-order valence-corrected chi connectivity index (χ0v) is 15.5. The van der Waals surface area contributed by atoms with Gasteiger partial charge in [-0.2, -0.15) is 18.2 Å². The van der Waals surface area contributed by atoms with Gasteiger partial charge in [-0.25, -0.2) is 9.78 Å². The summed E-state index contributed by atoms with van der Waals surface area (Å²) in [6.07, 6.45) is -2.77. The second-order valence-electron chi connectivity index (χ2n) is 6.34. The van der Waals surface area contributed by atoms with Crippen molar-refractivity contribution in [3.63, 3.8) is 0 Å². The van der Waals surface area contributed by atoms with Crippen LogP contribution in [0.2, 0.25) is 5.02 Å². The normalized spacial score (nSPS) is 17.3. The van der Waals surface area contributed by atoms with E-state index in [1.54, 1.807) is 17.0 Å². The Morgan fingerprint density at radius 2 is 2.04 bits per heavy atom. The van der Waals surface area contributed by atoms with E-state index in [0.717, 1.165) is 17.8 Å². The van der Waals surface area contributed by atoms with Gasteiger partial charge >= 0.3 is 18.2 Å². The topological polar surface area (TPSA) is 67.4 Å². The number of aromatic nitrogens is 2. The molecule has 2 aromatic rings. The van der Waals surface area contributed by atoms with E-state index < -0.39 is 18.0 Å². The van der Waals surface area contributed by atoms with Crippen LogP contribution in [0.25, 0.3) is 0 Å². The first-order valence-electron chi connectivity index (χ1n) is 8.65. The first-order valence-corrected chi connectivity index (χ1v) is 9.03. The number of carbonyl (C=O) groups is 1. The molecule has 28 heavy (non-hydrogen) atoms. The Hall–Kier alpha value is -2.55. The third kappa shape index (κ3) is 5.48. The molecule has 1 unspecified atom stereocenters. The van der Waals surface area contributed by atoms with E-state index in [9.17, 15) is 18.0 Å². The van der Waals surface area contributed by atoms with Gasteiger partial charge < -0.3 is 15.0 Å². The lowest BCUT2D eigenvalue weighted by molar-refractivity contribution is -0.141. The van der Waals surface area contributed by atoms with Crippen LogP contribution in [-0.4, -0.2) is 40.1 Å². The fraction of sp³-hybridized carbons (Fsp3) is 0.389. The average Bonchev–Trinajstić information content (AvgIpc) is 2.67. The quantitative estimate of drug-likeness (QED) is 0.824. The fourth-order valence-electron chi connectivity index (χ4n) is 2.82. The average molecular weight is 415 g/mol. The summed E-state index contributed by atoms with van der Waals surface area (Å²) in [7, 11) is 0. The van der Waals surface area contributed by atoms with Gasteiger partial charge in [-0.15, -0.1) is 0 Å². The van der Waals surface area contributed by atoms with Gasteiger partial charge in [0.25, 0.3) is 0 Å². The first-order chi connectivity index (χ1) is 13.3. The van der Waals surface area contributed by atoms with Crippen molar-refractivity contribution in [2.75, 3.05) is 13.1 Å². The van der Waals surface area contributed by atoms with Gasteiger partial charge in [-0.1, -0.05) is 23.7 Å². The van der Waals surface area contributed by atoms with Crippen molar-refractivity contribution in [3.8, 4) is 6.01 Å². The molecule has 0 bridgehead atoms. The van der Waals surface area contributed by atoms with Crippen LogP contribution in [-0.2, 0) is 12.7 Å². The van der Waals surface area contributed by atoms with Gasteiger partial charge in [-0.05, 0) is 36.6 Å². The lowest BCUT2D eigenvalue weighted by Crippen LogP contribution is -2.48. The van der Waals surface area contributed by atoms with Crippen molar-refractivity contribution < 1.29 is 22.7 Å². The third-order valence-electron chi connectivity index (χ3n) is 4.22. The molecule has 0 aliphatic carbocycles. The summed E-state index contributed by atoms with van der Waals surface area (Å²) in [6, 6.07) is 7.28. The number of nitrogens with one attached hydrogen (secondary N) is 1. The van der Waals surface area contributed by atoms with E-state index in [-0.39, 0.29) is 18.6 Å². The van der Waals surface area contributed by atoms with Crippen LogP contribution in [0.5, 0.6) is 6.01 Å². The van der Waals surface area contributed by atoms with Gasteiger partial charge in [0.05, 0.1) is 6.54 Å². The van der Waals surface area contributed by atoms with Gasteiger partial charge in [0.2, 0.25) is 0 Å². The van der Waals surface area contributed by atoms with Crippen molar-refractivity contribution >= 4 is 17.6 Å². The highest BCUT2D eigenvalue weighted by Gasteiger charge is 2.33. The van der Waals surface area contributed by atoms with Crippen molar-refractivity contribution in [1.29, 1.82) is 0 Å². The number of urea groups is 1. The maximum atomic E-state index is 12.7. The molecular weight excluding hydrogens is 397 g/mol. The Kier molecular flexibility index (Phi) is 6.23. The predicted molar refractivity (Wildman–Crippen MR) is 95.9 cm³/mol. The minimum Gasteiger partial charge on any atom is -0.458 e. The number of likely N-dealkylation sites (tertiary alicyclic amines) is 1. The van der Waals surface area contributed by atoms with Crippen LogP contribution >= 0.6 is 11.6 Å². The second kappa shape index (κ2) is 8.64. The molecule has 1 aliphatic heterocycles. The molecule has 0 saturated carbocycles. The number of piperidine rings is 1. The lowest BCUT2D eigenvalue weighted by Gasteiger charge is -2.32. The van der Waals surface area contributed by atoms with Crippen LogP contribution in [0.4, 0.5) is 18.0 Å². The largest absolute Gasteiger partial charge is 0.458 e. The number of hydrogen-bond donors (Lipinski definition) is 1. The number of halogens is 4.